The van der Waals surface area contributed by atoms with Crippen LogP contribution < -0.4 is 5.32 Å². The molecule has 1 N–H and O–H groups in total. The van der Waals surface area contributed by atoms with Crippen LogP contribution in [0.25, 0.3) is 0 Å². The summed E-state index contributed by atoms with van der Waals surface area (Å²) >= 11 is 0. The van der Waals surface area contributed by atoms with E-state index < -0.39 is 0 Å². The minimum Gasteiger partial charge on any atom is -0.316 e. The predicted molar refractivity (Wildman–Crippen MR) is 56.9 cm³/mol. The lowest BCUT2D eigenvalue weighted by atomic mass is 9.74. The molecule has 1 heterocycles. The quantitative estimate of drug-likeness (QED) is 0.681. The average molecular weight is 185 g/mol. The van der Waals surface area contributed by atoms with Crippen LogP contribution in [0.5, 0.6) is 0 Å². The first-order chi connectivity index (χ1) is 6.24. The molecule has 0 aromatic carbocycles. The number of carbonyl (C=O) groups excluding carboxylic acids is 1. The van der Waals surface area contributed by atoms with Crippen molar-refractivity contribution in [1.29, 1.82) is 0 Å². The van der Waals surface area contributed by atoms with Gasteiger partial charge in [0, 0.05) is 13.1 Å². The molecular formula is C11H23NO. The summed E-state index contributed by atoms with van der Waals surface area (Å²) in [5.74, 6) is 0. The smallest absolute Gasteiger partial charge is 0.116 e. The molecule has 0 spiro atoms. The van der Waals surface area contributed by atoms with E-state index in [2.05, 4.69) is 19.2 Å². The fourth-order valence-corrected chi connectivity index (χ4v) is 2.02. The van der Waals surface area contributed by atoms with Crippen molar-refractivity contribution in [2.24, 2.45) is 5.41 Å². The van der Waals surface area contributed by atoms with Crippen molar-refractivity contribution in [2.75, 3.05) is 13.1 Å². The number of hydrogen-bond acceptors (Lipinski definition) is 2. The summed E-state index contributed by atoms with van der Waals surface area (Å²) < 4.78 is 0. The lowest BCUT2D eigenvalue weighted by Crippen LogP contribution is -2.53. The Hall–Kier alpha value is -0.370. The van der Waals surface area contributed by atoms with Gasteiger partial charge < -0.3 is 10.1 Å². The fourth-order valence-electron chi connectivity index (χ4n) is 2.02. The maximum absolute atomic E-state index is 8.81. The fraction of sp³-hybridized carbons (Fsp3) is 0.909. The summed E-state index contributed by atoms with van der Waals surface area (Å²) in [6.45, 7) is 8.56. The monoisotopic (exact) mass is 185 g/mol. The lowest BCUT2D eigenvalue weighted by molar-refractivity contribution is -0.106. The first-order valence-electron chi connectivity index (χ1n) is 5.35. The molecule has 0 aromatic rings. The maximum atomic E-state index is 8.81. The van der Waals surface area contributed by atoms with E-state index in [-0.39, 0.29) is 0 Å². The Morgan fingerprint density at radius 3 is 1.77 bits per heavy atom. The molecule has 1 fully saturated rings. The largest absolute Gasteiger partial charge is 0.316 e. The van der Waals surface area contributed by atoms with E-state index in [0.29, 0.717) is 5.41 Å². The van der Waals surface area contributed by atoms with Gasteiger partial charge in [0.15, 0.2) is 0 Å². The van der Waals surface area contributed by atoms with Gasteiger partial charge in [-0.15, -0.1) is 0 Å². The van der Waals surface area contributed by atoms with E-state index >= 15 is 0 Å². The zero-order valence-corrected chi connectivity index (χ0v) is 9.23. The second-order valence-corrected chi connectivity index (χ2v) is 3.84. The molecule has 0 bridgehead atoms. The van der Waals surface area contributed by atoms with Crippen LogP contribution in [-0.4, -0.2) is 19.4 Å². The van der Waals surface area contributed by atoms with Gasteiger partial charge in [0.25, 0.3) is 0 Å². The van der Waals surface area contributed by atoms with E-state index in [4.69, 9.17) is 4.79 Å². The average Bonchev–Trinajstić information content (AvgIpc) is 2.03. The van der Waals surface area contributed by atoms with E-state index in [1.807, 2.05) is 0 Å². The predicted octanol–water partition coefficient (Wildman–Crippen LogP) is 2.38. The van der Waals surface area contributed by atoms with E-state index in [1.54, 1.807) is 0 Å². The van der Waals surface area contributed by atoms with Crippen LogP contribution in [0.2, 0.25) is 0 Å². The molecule has 0 unspecified atom stereocenters. The van der Waals surface area contributed by atoms with Gasteiger partial charge in [-0.2, -0.15) is 0 Å². The van der Waals surface area contributed by atoms with Gasteiger partial charge in [0.1, 0.15) is 6.29 Å². The van der Waals surface area contributed by atoms with Crippen molar-refractivity contribution in [2.45, 2.75) is 46.5 Å². The maximum Gasteiger partial charge on any atom is 0.116 e. The van der Waals surface area contributed by atoms with Gasteiger partial charge in [0.05, 0.1) is 0 Å². The molecule has 1 aliphatic rings. The number of nitrogens with one attached hydrogen (secondary N) is 1. The minimum atomic E-state index is 0.712. The van der Waals surface area contributed by atoms with Gasteiger partial charge in [-0.1, -0.05) is 26.7 Å². The van der Waals surface area contributed by atoms with Gasteiger partial charge >= 0.3 is 0 Å². The molecule has 0 amide bonds. The second kappa shape index (κ2) is 7.07. The van der Waals surface area contributed by atoms with Crippen molar-refractivity contribution in [1.82, 2.24) is 5.32 Å². The van der Waals surface area contributed by atoms with Crippen LogP contribution in [0.3, 0.4) is 0 Å². The third-order valence-electron chi connectivity index (χ3n) is 2.56. The van der Waals surface area contributed by atoms with Crippen LogP contribution in [0.4, 0.5) is 0 Å². The van der Waals surface area contributed by atoms with Gasteiger partial charge in [-0.05, 0) is 25.2 Å². The Bertz CT molecular complexity index is 122. The minimum absolute atomic E-state index is 0.712. The highest BCUT2D eigenvalue weighted by atomic mass is 16.1. The van der Waals surface area contributed by atoms with E-state index in [1.165, 1.54) is 45.7 Å². The molecule has 2 heteroatoms. The zero-order chi connectivity index (χ0) is 10.2. The molecule has 0 radical (unpaired) electrons. The number of carbonyl (C=O) groups is 1. The third-order valence-corrected chi connectivity index (χ3v) is 2.56. The van der Waals surface area contributed by atoms with Gasteiger partial charge in [-0.3, -0.25) is 0 Å². The molecule has 1 rings (SSSR count). The van der Waals surface area contributed by atoms with Crippen LogP contribution in [0.1, 0.15) is 46.5 Å². The van der Waals surface area contributed by atoms with Crippen LogP contribution in [0, 0.1) is 5.41 Å². The van der Waals surface area contributed by atoms with Crippen molar-refractivity contribution in [3.63, 3.8) is 0 Å². The van der Waals surface area contributed by atoms with E-state index in [9.17, 15) is 0 Å². The molecule has 1 saturated heterocycles. The zero-order valence-electron chi connectivity index (χ0n) is 9.23. The number of hydrogen-bond donors (Lipinski definition) is 1. The lowest BCUT2D eigenvalue weighted by Gasteiger charge is -2.42. The highest BCUT2D eigenvalue weighted by Gasteiger charge is 2.34. The van der Waals surface area contributed by atoms with Crippen molar-refractivity contribution >= 4 is 6.29 Å². The SMILES string of the molecule is CC=O.CCCC1(CCC)CNC1. The van der Waals surface area contributed by atoms with Crippen LogP contribution >= 0.6 is 0 Å². The summed E-state index contributed by atoms with van der Waals surface area (Å²) in [6.07, 6.45) is 6.30. The number of rotatable bonds is 4. The molecule has 2 nitrogen and oxygen atoms in total. The molecular weight excluding hydrogens is 162 g/mol. The van der Waals surface area contributed by atoms with Crippen molar-refractivity contribution < 1.29 is 4.79 Å². The highest BCUT2D eigenvalue weighted by molar-refractivity contribution is 5.44. The van der Waals surface area contributed by atoms with Crippen LogP contribution in [0.15, 0.2) is 0 Å². The Morgan fingerprint density at radius 2 is 1.62 bits per heavy atom. The van der Waals surface area contributed by atoms with Crippen molar-refractivity contribution in [3.8, 4) is 0 Å². The summed E-state index contributed by atoms with van der Waals surface area (Å²) in [4.78, 5) is 8.81. The normalized spacial score (nSPS) is 18.1. The van der Waals surface area contributed by atoms with Crippen molar-refractivity contribution in [3.05, 3.63) is 0 Å². The van der Waals surface area contributed by atoms with Crippen LogP contribution in [-0.2, 0) is 4.79 Å². The Kier molecular flexibility index (Phi) is 6.87. The first kappa shape index (κ1) is 12.6. The molecule has 0 aliphatic carbocycles. The molecule has 0 atom stereocenters. The first-order valence-corrected chi connectivity index (χ1v) is 5.35. The molecule has 1 aliphatic heterocycles. The summed E-state index contributed by atoms with van der Waals surface area (Å²) in [7, 11) is 0. The Labute approximate surface area is 82.1 Å². The Morgan fingerprint density at radius 1 is 1.23 bits per heavy atom. The third kappa shape index (κ3) is 4.41. The Balaban J connectivity index is 0.000000424. The summed E-state index contributed by atoms with van der Waals surface area (Å²) in [5, 5.41) is 3.37. The highest BCUT2D eigenvalue weighted by Crippen LogP contribution is 2.33. The van der Waals surface area contributed by atoms with Gasteiger partial charge in [-0.25, -0.2) is 0 Å². The number of aldehydes is 1. The summed E-state index contributed by atoms with van der Waals surface area (Å²) in [6, 6.07) is 0. The molecule has 0 saturated carbocycles. The molecule has 78 valence electrons. The molecule has 0 aromatic heterocycles. The summed E-state index contributed by atoms with van der Waals surface area (Å²) in [5.41, 5.74) is 0.712. The van der Waals surface area contributed by atoms with E-state index in [0.717, 1.165) is 6.29 Å². The van der Waals surface area contributed by atoms with Gasteiger partial charge in [0.2, 0.25) is 0 Å². The molecule has 13 heavy (non-hydrogen) atoms. The second-order valence-electron chi connectivity index (χ2n) is 3.84. The topological polar surface area (TPSA) is 29.1 Å². The standard InChI is InChI=1S/C9H19N.C2H4O/c1-3-5-9(6-4-2)7-10-8-9;1-2-3/h10H,3-8H2,1-2H3;2H,1H3.